The quantitative estimate of drug-likeness (QED) is 0.219. The van der Waals surface area contributed by atoms with Crippen LogP contribution in [0, 0.1) is 0 Å². The van der Waals surface area contributed by atoms with E-state index < -0.39 is 0 Å². The van der Waals surface area contributed by atoms with E-state index in [0.717, 1.165) is 23.6 Å². The molecule has 0 aliphatic rings. The molecule has 0 spiro atoms. The Morgan fingerprint density at radius 1 is 0.812 bits per heavy atom. The Balaban J connectivity index is 0.000000307. The number of amides is 1. The highest BCUT2D eigenvalue weighted by molar-refractivity contribution is 9.11. The summed E-state index contributed by atoms with van der Waals surface area (Å²) in [6.07, 6.45) is 0.369. The molecule has 0 atom stereocenters. The van der Waals surface area contributed by atoms with Gasteiger partial charge in [-0.3, -0.25) is 9.59 Å². The lowest BCUT2D eigenvalue weighted by molar-refractivity contribution is -0.134. The number of hydrogen-bond acceptors (Lipinski definition) is 3. The number of esters is 1. The average Bonchev–Trinajstić information content (AvgIpc) is 2.80. The van der Waals surface area contributed by atoms with Crippen molar-refractivity contribution < 1.29 is 14.3 Å². The third kappa shape index (κ3) is 9.57. The van der Waals surface area contributed by atoms with Crippen LogP contribution in [-0.2, 0) is 4.79 Å². The first-order valence-electron chi connectivity index (χ1n) is 9.78. The highest BCUT2D eigenvalue weighted by Gasteiger charge is 2.09. The van der Waals surface area contributed by atoms with E-state index in [1.54, 1.807) is 19.1 Å². The highest BCUT2D eigenvalue weighted by atomic mass is 79.9. The van der Waals surface area contributed by atoms with E-state index >= 15 is 0 Å². The molecule has 3 rings (SSSR count). The van der Waals surface area contributed by atoms with Crippen molar-refractivity contribution in [2.75, 3.05) is 5.32 Å². The van der Waals surface area contributed by atoms with Gasteiger partial charge in [0.25, 0.3) is 5.91 Å². The van der Waals surface area contributed by atoms with Gasteiger partial charge in [-0.05, 0) is 90.3 Å². The van der Waals surface area contributed by atoms with Gasteiger partial charge in [0.1, 0.15) is 0 Å². The largest absolute Gasteiger partial charge is 0.424 e. The Labute approximate surface area is 222 Å². The van der Waals surface area contributed by atoms with Crippen LogP contribution in [0.2, 0.25) is 0 Å². The number of hydrogen-bond donors (Lipinski definition) is 1. The van der Waals surface area contributed by atoms with Crippen molar-refractivity contribution >= 4 is 81.3 Å². The lowest BCUT2D eigenvalue weighted by Gasteiger charge is -2.07. The second kappa shape index (κ2) is 15.4. The zero-order chi connectivity index (χ0) is 24.1. The van der Waals surface area contributed by atoms with Gasteiger partial charge in [-0.1, -0.05) is 61.0 Å². The summed E-state index contributed by atoms with van der Waals surface area (Å²) in [4.78, 5) is 22.9. The molecule has 0 saturated heterocycles. The zero-order valence-corrected chi connectivity index (χ0v) is 24.1. The summed E-state index contributed by atoms with van der Waals surface area (Å²) in [6.45, 7) is 5.76. The van der Waals surface area contributed by atoms with Crippen LogP contribution in [0.1, 0.15) is 37.6 Å². The molecule has 0 aliphatic heterocycles. The molecule has 0 bridgehead atoms. The summed E-state index contributed by atoms with van der Waals surface area (Å²) in [5.74, 6) is 0.176. The predicted molar refractivity (Wildman–Crippen MR) is 145 cm³/mol. The number of carbonyl (C=O) groups is 2. The summed E-state index contributed by atoms with van der Waals surface area (Å²) in [6, 6.07) is 20.2. The maximum atomic E-state index is 11.9. The van der Waals surface area contributed by atoms with Crippen LogP contribution in [0.5, 0.6) is 5.75 Å². The van der Waals surface area contributed by atoms with Crippen molar-refractivity contribution in [3.8, 4) is 5.75 Å². The maximum Gasteiger partial charge on any atom is 0.310 e. The molecule has 0 heterocycles. The normalized spacial score (nSPS) is 9.47. The molecule has 1 N–H and O–H groups in total. The second-order valence-corrected chi connectivity index (χ2v) is 9.30. The molecule has 3 aromatic rings. The first kappa shape index (κ1) is 28.6. The van der Waals surface area contributed by atoms with E-state index in [0.29, 0.717) is 17.7 Å². The first-order valence-corrected chi connectivity index (χ1v) is 12.9. The van der Waals surface area contributed by atoms with Crippen LogP contribution in [0.15, 0.2) is 84.6 Å². The Kier molecular flexibility index (Phi) is 13.7. The van der Waals surface area contributed by atoms with Crippen molar-refractivity contribution in [2.24, 2.45) is 0 Å². The topological polar surface area (TPSA) is 55.4 Å². The number of rotatable bonds is 4. The fourth-order valence-electron chi connectivity index (χ4n) is 2.14. The van der Waals surface area contributed by atoms with E-state index in [9.17, 15) is 9.59 Å². The Hall–Kier alpha value is -1.48. The van der Waals surface area contributed by atoms with Crippen LogP contribution in [0.4, 0.5) is 5.69 Å². The van der Waals surface area contributed by atoms with Gasteiger partial charge in [0, 0.05) is 20.9 Å². The summed E-state index contributed by atoms with van der Waals surface area (Å²) in [5, 5.41) is 2.85. The lowest BCUT2D eigenvalue weighted by atomic mass is 10.2. The highest BCUT2D eigenvalue weighted by Crippen LogP contribution is 2.33. The SMILES string of the molecule is CC.CCC(=O)Oc1c(Br)cccc1Br.O=C(Nc1ccc(Br)cc1Br)c1ccccc1. The number of halogens is 4. The summed E-state index contributed by atoms with van der Waals surface area (Å²) < 4.78 is 8.43. The molecule has 0 fully saturated rings. The third-order valence-corrected chi connectivity index (χ3v) is 6.04. The molecule has 1 amide bonds. The first-order chi connectivity index (χ1) is 15.3. The fourth-order valence-corrected chi connectivity index (χ4v) is 4.45. The Morgan fingerprint density at radius 2 is 1.41 bits per heavy atom. The molecule has 0 radical (unpaired) electrons. The lowest BCUT2D eigenvalue weighted by Crippen LogP contribution is -2.11. The molecule has 3 aromatic carbocycles. The molecular formula is C24H23Br4NO3. The monoisotopic (exact) mass is 689 g/mol. The van der Waals surface area contributed by atoms with E-state index in [1.165, 1.54) is 0 Å². The molecule has 8 heteroatoms. The van der Waals surface area contributed by atoms with Crippen LogP contribution in [0.3, 0.4) is 0 Å². The average molecular weight is 693 g/mol. The number of anilines is 1. The molecule has 32 heavy (non-hydrogen) atoms. The van der Waals surface area contributed by atoms with E-state index in [4.69, 9.17) is 4.74 Å². The molecule has 0 aliphatic carbocycles. The predicted octanol–water partition coefficient (Wildman–Crippen LogP) is 9.02. The molecule has 0 saturated carbocycles. The number of nitrogens with one attached hydrogen (secondary N) is 1. The smallest absolute Gasteiger partial charge is 0.310 e. The molecule has 170 valence electrons. The van der Waals surface area contributed by atoms with E-state index in [2.05, 4.69) is 69.0 Å². The Morgan fingerprint density at radius 3 is 1.94 bits per heavy atom. The van der Waals surface area contributed by atoms with Crippen molar-refractivity contribution in [1.82, 2.24) is 0 Å². The fraction of sp³-hybridized carbons (Fsp3) is 0.167. The minimum absolute atomic E-state index is 0.117. The molecule has 0 aromatic heterocycles. The summed E-state index contributed by atoms with van der Waals surface area (Å²) >= 11 is 13.4. The van der Waals surface area contributed by atoms with Gasteiger partial charge in [-0.15, -0.1) is 0 Å². The van der Waals surface area contributed by atoms with E-state index in [-0.39, 0.29) is 11.9 Å². The van der Waals surface area contributed by atoms with Crippen molar-refractivity contribution in [3.63, 3.8) is 0 Å². The van der Waals surface area contributed by atoms with Gasteiger partial charge in [-0.25, -0.2) is 0 Å². The molecule has 0 unspecified atom stereocenters. The molecular weight excluding hydrogens is 670 g/mol. The standard InChI is InChI=1S/C13H9Br2NO.C9H8Br2O2.C2H6/c14-10-6-7-12(11(15)8-10)16-13(17)9-4-2-1-3-5-9;1-2-8(12)13-9-6(10)4-3-5-7(9)11;1-2/h1-8H,(H,16,17);3-5H,2H2,1H3;1-2H3. The van der Waals surface area contributed by atoms with Crippen molar-refractivity contribution in [1.29, 1.82) is 0 Å². The number of benzene rings is 3. The van der Waals surface area contributed by atoms with Gasteiger partial charge in [0.15, 0.2) is 5.75 Å². The minimum atomic E-state index is -0.243. The zero-order valence-electron chi connectivity index (χ0n) is 17.8. The number of carbonyl (C=O) groups excluding carboxylic acids is 2. The van der Waals surface area contributed by atoms with Gasteiger partial charge >= 0.3 is 5.97 Å². The van der Waals surface area contributed by atoms with Crippen molar-refractivity contribution in [2.45, 2.75) is 27.2 Å². The second-order valence-electron chi connectivity index (χ2n) is 5.82. The van der Waals surface area contributed by atoms with E-state index in [1.807, 2.05) is 68.4 Å². The molecule has 4 nitrogen and oxygen atoms in total. The third-order valence-electron chi connectivity index (χ3n) is 3.64. The van der Waals surface area contributed by atoms with Crippen LogP contribution < -0.4 is 10.1 Å². The van der Waals surface area contributed by atoms with Crippen LogP contribution in [0.25, 0.3) is 0 Å². The van der Waals surface area contributed by atoms with Crippen LogP contribution >= 0.6 is 63.7 Å². The number of para-hydroxylation sites is 1. The van der Waals surface area contributed by atoms with Crippen molar-refractivity contribution in [3.05, 3.63) is 90.2 Å². The van der Waals surface area contributed by atoms with Crippen LogP contribution in [-0.4, -0.2) is 11.9 Å². The minimum Gasteiger partial charge on any atom is -0.424 e. The van der Waals surface area contributed by atoms with Gasteiger partial charge < -0.3 is 10.1 Å². The Bertz CT molecular complexity index is 1010. The summed E-state index contributed by atoms with van der Waals surface area (Å²) in [5.41, 5.74) is 1.39. The van der Waals surface area contributed by atoms with Gasteiger partial charge in [0.05, 0.1) is 14.6 Å². The summed E-state index contributed by atoms with van der Waals surface area (Å²) in [7, 11) is 0. The maximum absolute atomic E-state index is 11.9. The number of ether oxygens (including phenoxy) is 1. The van der Waals surface area contributed by atoms with Gasteiger partial charge in [0.2, 0.25) is 0 Å². The van der Waals surface area contributed by atoms with Gasteiger partial charge in [-0.2, -0.15) is 0 Å².